The van der Waals surface area contributed by atoms with Crippen LogP contribution in [0, 0.1) is 11.3 Å². The Morgan fingerprint density at radius 2 is 1.42 bits per heavy atom. The number of halogens is 2. The van der Waals surface area contributed by atoms with Crippen molar-refractivity contribution in [3.8, 4) is 0 Å². The zero-order valence-corrected chi connectivity index (χ0v) is 18.5. The van der Waals surface area contributed by atoms with Crippen LogP contribution in [-0.4, -0.2) is 23.1 Å². The number of likely N-dealkylation sites (tertiary alicyclic amines) is 1. The van der Waals surface area contributed by atoms with Crippen molar-refractivity contribution in [2.24, 2.45) is 11.3 Å². The third-order valence-electron chi connectivity index (χ3n) is 6.98. The molecule has 1 amide bonds. The van der Waals surface area contributed by atoms with E-state index in [2.05, 4.69) is 0 Å². The third kappa shape index (κ3) is 2.73. The largest absolute Gasteiger partial charge is 0.337 e. The average molecular weight is 450 g/mol. The van der Waals surface area contributed by atoms with Gasteiger partial charge in [0.15, 0.2) is 0 Å². The Morgan fingerprint density at radius 3 is 1.87 bits per heavy atom. The molecule has 2 aliphatic rings. The molecule has 3 aromatic rings. The van der Waals surface area contributed by atoms with E-state index in [1.165, 1.54) is 0 Å². The minimum atomic E-state index is -1.11. The molecule has 2 atom stereocenters. The minimum Gasteiger partial charge on any atom is -0.337 e. The lowest BCUT2D eigenvalue weighted by atomic mass is 9.77. The summed E-state index contributed by atoms with van der Waals surface area (Å²) in [6, 6.07) is 24.9. The topological polar surface area (TPSA) is 37.4 Å². The van der Waals surface area contributed by atoms with Crippen LogP contribution in [0.3, 0.4) is 0 Å². The summed E-state index contributed by atoms with van der Waals surface area (Å²) in [5, 5.41) is 1.24. The van der Waals surface area contributed by atoms with Gasteiger partial charge in [0.25, 0.3) is 0 Å². The molecule has 0 spiro atoms. The van der Waals surface area contributed by atoms with E-state index >= 15 is 0 Å². The second kappa shape index (κ2) is 7.22. The predicted octanol–water partition coefficient (Wildman–Crippen LogP) is 5.53. The highest BCUT2D eigenvalue weighted by atomic mass is 35.5. The van der Waals surface area contributed by atoms with Gasteiger partial charge in [-0.2, -0.15) is 0 Å². The van der Waals surface area contributed by atoms with Gasteiger partial charge in [-0.25, -0.2) is 0 Å². The highest BCUT2D eigenvalue weighted by molar-refractivity contribution is 6.31. The van der Waals surface area contributed by atoms with Gasteiger partial charge >= 0.3 is 0 Å². The number of carbonyl (C=O) groups excluding carboxylic acids is 2. The summed E-state index contributed by atoms with van der Waals surface area (Å²) in [5.74, 6) is -0.335. The van der Waals surface area contributed by atoms with Gasteiger partial charge in [-0.1, -0.05) is 77.8 Å². The number of amides is 1. The van der Waals surface area contributed by atoms with Crippen molar-refractivity contribution < 1.29 is 9.59 Å². The molecular formula is C26H21Cl2NO2. The smallest absolute Gasteiger partial charge is 0.238 e. The van der Waals surface area contributed by atoms with Crippen LogP contribution >= 0.6 is 23.2 Å². The van der Waals surface area contributed by atoms with Crippen molar-refractivity contribution in [1.82, 2.24) is 4.90 Å². The number of fused-ring (bicyclic) bond motifs is 1. The van der Waals surface area contributed by atoms with E-state index in [0.29, 0.717) is 23.1 Å². The van der Waals surface area contributed by atoms with Crippen molar-refractivity contribution in [3.63, 3.8) is 0 Å². The molecular weight excluding hydrogens is 429 g/mol. The van der Waals surface area contributed by atoms with E-state index in [-0.39, 0.29) is 17.6 Å². The third-order valence-corrected chi connectivity index (χ3v) is 7.49. The van der Waals surface area contributed by atoms with Crippen molar-refractivity contribution in [2.45, 2.75) is 18.9 Å². The summed E-state index contributed by atoms with van der Waals surface area (Å²) in [6.45, 7) is 2.57. The number of rotatable bonds is 5. The normalized spacial score (nSPS) is 23.5. The molecule has 0 bridgehead atoms. The number of carbonyl (C=O) groups is 2. The molecule has 1 saturated heterocycles. The van der Waals surface area contributed by atoms with Crippen LogP contribution in [0.15, 0.2) is 78.9 Å². The van der Waals surface area contributed by atoms with Crippen LogP contribution in [0.25, 0.3) is 0 Å². The molecule has 5 heteroatoms. The van der Waals surface area contributed by atoms with Crippen molar-refractivity contribution in [2.75, 3.05) is 6.54 Å². The van der Waals surface area contributed by atoms with E-state index < -0.39 is 10.8 Å². The summed E-state index contributed by atoms with van der Waals surface area (Å²) >= 11 is 12.3. The Kier molecular flexibility index (Phi) is 4.72. The molecule has 156 valence electrons. The van der Waals surface area contributed by atoms with Gasteiger partial charge in [-0.15, -0.1) is 0 Å². The molecule has 0 N–H and O–H groups in total. The first kappa shape index (κ1) is 20.3. The van der Waals surface area contributed by atoms with Crippen LogP contribution in [-0.2, 0) is 21.5 Å². The lowest BCUT2D eigenvalue weighted by Crippen LogP contribution is -2.42. The quantitative estimate of drug-likeness (QED) is 0.480. The number of Topliss-reactive ketones (excluding diaryl/α,β-unsaturated/α-hetero) is 1. The Morgan fingerprint density at radius 1 is 0.903 bits per heavy atom. The number of piperidine rings is 1. The van der Waals surface area contributed by atoms with Gasteiger partial charge in [-0.05, 0) is 47.9 Å². The van der Waals surface area contributed by atoms with Gasteiger partial charge in [-0.3, -0.25) is 9.59 Å². The maximum absolute atomic E-state index is 13.9. The average Bonchev–Trinajstić information content (AvgIpc) is 3.27. The lowest BCUT2D eigenvalue weighted by molar-refractivity contribution is -0.140. The van der Waals surface area contributed by atoms with Crippen molar-refractivity contribution in [1.29, 1.82) is 0 Å². The number of nitrogens with zero attached hydrogens (tertiary/aromatic N) is 1. The summed E-state index contributed by atoms with van der Waals surface area (Å²) < 4.78 is 0. The highest BCUT2D eigenvalue weighted by Gasteiger charge is 2.87. The minimum absolute atomic E-state index is 0.0945. The molecule has 31 heavy (non-hydrogen) atoms. The summed E-state index contributed by atoms with van der Waals surface area (Å²) in [4.78, 5) is 28.9. The van der Waals surface area contributed by atoms with Crippen LogP contribution < -0.4 is 0 Å². The van der Waals surface area contributed by atoms with Crippen LogP contribution in [0.5, 0.6) is 0 Å². The van der Waals surface area contributed by atoms with E-state index in [9.17, 15) is 9.59 Å². The molecule has 0 radical (unpaired) electrons. The number of hydrogen-bond acceptors (Lipinski definition) is 2. The van der Waals surface area contributed by atoms with Gasteiger partial charge in [0, 0.05) is 34.5 Å². The fraction of sp³-hybridized carbons (Fsp3) is 0.231. The fourth-order valence-corrected chi connectivity index (χ4v) is 6.01. The molecule has 3 nitrogen and oxygen atoms in total. The molecule has 1 saturated carbocycles. The molecule has 2 unspecified atom stereocenters. The second-order valence-corrected chi connectivity index (χ2v) is 9.28. The maximum Gasteiger partial charge on any atom is 0.238 e. The Balaban J connectivity index is 1.63. The van der Waals surface area contributed by atoms with E-state index in [1.807, 2.05) is 83.8 Å². The van der Waals surface area contributed by atoms with Crippen LogP contribution in [0.4, 0.5) is 0 Å². The van der Waals surface area contributed by atoms with Crippen LogP contribution in [0.2, 0.25) is 10.0 Å². The standard InChI is InChI=1S/C26H21Cl2NO2/c1-17(30)25-23(16-29(24(25)31)15-18-5-3-2-4-6-18)26(25,19-7-11-21(27)12-8-19)20-9-13-22(28)14-10-20/h2-14,23H,15-16H2,1H3. The molecule has 0 aromatic heterocycles. The number of benzene rings is 3. The van der Waals surface area contributed by atoms with Crippen molar-refractivity contribution >= 4 is 34.9 Å². The maximum atomic E-state index is 13.9. The first-order chi connectivity index (χ1) is 14.9. The molecule has 5 rings (SSSR count). The molecule has 1 aliphatic heterocycles. The zero-order chi connectivity index (χ0) is 21.8. The monoisotopic (exact) mass is 449 g/mol. The molecule has 1 aliphatic carbocycles. The fourth-order valence-electron chi connectivity index (χ4n) is 5.76. The van der Waals surface area contributed by atoms with Gasteiger partial charge < -0.3 is 4.90 Å². The number of hydrogen-bond donors (Lipinski definition) is 0. The van der Waals surface area contributed by atoms with Gasteiger partial charge in [0.1, 0.15) is 11.2 Å². The van der Waals surface area contributed by atoms with Crippen LogP contribution in [0.1, 0.15) is 23.6 Å². The summed E-state index contributed by atoms with van der Waals surface area (Å²) in [6.07, 6.45) is 0. The Labute approximate surface area is 191 Å². The van der Waals surface area contributed by atoms with E-state index in [1.54, 1.807) is 6.92 Å². The van der Waals surface area contributed by atoms with Gasteiger partial charge in [0.2, 0.25) is 5.91 Å². The summed E-state index contributed by atoms with van der Waals surface area (Å²) in [7, 11) is 0. The first-order valence-electron chi connectivity index (χ1n) is 10.3. The van der Waals surface area contributed by atoms with E-state index in [0.717, 1.165) is 16.7 Å². The first-order valence-corrected chi connectivity index (χ1v) is 11.0. The Hall–Kier alpha value is -2.62. The number of ketones is 1. The summed E-state index contributed by atoms with van der Waals surface area (Å²) in [5.41, 5.74) is 1.11. The molecule has 3 aromatic carbocycles. The zero-order valence-electron chi connectivity index (χ0n) is 17.0. The molecule has 2 fully saturated rings. The molecule has 1 heterocycles. The van der Waals surface area contributed by atoms with Gasteiger partial charge in [0.05, 0.1) is 0 Å². The highest BCUT2D eigenvalue weighted by Crippen LogP contribution is 2.76. The predicted molar refractivity (Wildman–Crippen MR) is 122 cm³/mol. The van der Waals surface area contributed by atoms with Crippen molar-refractivity contribution in [3.05, 3.63) is 106 Å². The lowest BCUT2D eigenvalue weighted by Gasteiger charge is -2.31. The Bertz CT molecular complexity index is 1110. The SMILES string of the molecule is CC(=O)C12C(=O)N(Cc3ccccc3)CC1C2(c1ccc(Cl)cc1)c1ccc(Cl)cc1. The second-order valence-electron chi connectivity index (χ2n) is 8.41. The van der Waals surface area contributed by atoms with E-state index in [4.69, 9.17) is 23.2 Å².